The molecule has 3 aromatic rings. The van der Waals surface area contributed by atoms with Crippen LogP contribution in [0.25, 0.3) is 11.7 Å². The maximum Gasteiger partial charge on any atom is 0.269 e. The first kappa shape index (κ1) is 19.1. The predicted molar refractivity (Wildman–Crippen MR) is 105 cm³/mol. The van der Waals surface area contributed by atoms with E-state index in [9.17, 15) is 14.9 Å². The van der Waals surface area contributed by atoms with Gasteiger partial charge >= 0.3 is 0 Å². The normalized spacial score (nSPS) is 11.1. The van der Waals surface area contributed by atoms with Crippen LogP contribution in [0.1, 0.15) is 11.1 Å². The molecule has 2 heterocycles. The van der Waals surface area contributed by atoms with Crippen LogP contribution < -0.4 is 15.6 Å². The number of nitrogens with one attached hydrogen (secondary N) is 1. The van der Waals surface area contributed by atoms with Gasteiger partial charge in [0.05, 0.1) is 5.02 Å². The Morgan fingerprint density at radius 1 is 1.32 bits per heavy atom. The summed E-state index contributed by atoms with van der Waals surface area (Å²) in [5.41, 5.74) is 0.379. The molecular formula is C20H15ClN4O3. The maximum absolute atomic E-state index is 13.1. The molecule has 0 aliphatic rings. The lowest BCUT2D eigenvalue weighted by atomic mass is 10.1. The smallest absolute Gasteiger partial charge is 0.269 e. The highest BCUT2D eigenvalue weighted by Gasteiger charge is 2.18. The Morgan fingerprint density at radius 2 is 2.07 bits per heavy atom. The molecule has 3 rings (SSSR count). The zero-order valence-corrected chi connectivity index (χ0v) is 15.8. The number of ether oxygens (including phenoxy) is 1. The zero-order valence-electron chi connectivity index (χ0n) is 15.1. The van der Waals surface area contributed by atoms with Crippen molar-refractivity contribution in [2.75, 3.05) is 7.05 Å². The molecule has 7 nitrogen and oxygen atoms in total. The Morgan fingerprint density at radius 3 is 2.75 bits per heavy atom. The molecule has 1 N–H and O–H groups in total. The van der Waals surface area contributed by atoms with E-state index in [1.807, 2.05) is 13.0 Å². The molecule has 0 radical (unpaired) electrons. The van der Waals surface area contributed by atoms with Crippen LogP contribution >= 0.6 is 11.6 Å². The molecule has 0 aliphatic heterocycles. The van der Waals surface area contributed by atoms with Gasteiger partial charge in [-0.05, 0) is 36.8 Å². The van der Waals surface area contributed by atoms with Crippen LogP contribution in [-0.4, -0.2) is 22.3 Å². The standard InChI is InChI=1S/C20H15ClN4O3/c1-12-6-5-9-25-17(12)24-19(28-16-8-4-3-7-15(16)21)14(20(25)27)10-13(11-22)18(26)23-2/h3-10H,1-2H3,(H,23,26). The Kier molecular flexibility index (Phi) is 5.43. The van der Waals surface area contributed by atoms with Crippen molar-refractivity contribution in [2.45, 2.75) is 6.92 Å². The molecule has 1 amide bonds. The average Bonchev–Trinajstić information content (AvgIpc) is 2.70. The van der Waals surface area contributed by atoms with Crippen LogP contribution in [0.15, 0.2) is 53.0 Å². The minimum Gasteiger partial charge on any atom is -0.437 e. The number of halogens is 1. The van der Waals surface area contributed by atoms with E-state index in [4.69, 9.17) is 16.3 Å². The van der Waals surface area contributed by atoms with Gasteiger partial charge in [-0.3, -0.25) is 14.0 Å². The Balaban J connectivity index is 2.31. The maximum atomic E-state index is 13.1. The molecule has 8 heteroatoms. The lowest BCUT2D eigenvalue weighted by molar-refractivity contribution is -0.116. The molecule has 140 valence electrons. The van der Waals surface area contributed by atoms with Gasteiger partial charge in [-0.2, -0.15) is 10.2 Å². The van der Waals surface area contributed by atoms with Crippen LogP contribution in [0.4, 0.5) is 0 Å². The predicted octanol–water partition coefficient (Wildman–Crippen LogP) is 3.10. The van der Waals surface area contributed by atoms with Gasteiger partial charge in [0.1, 0.15) is 28.6 Å². The van der Waals surface area contributed by atoms with Crippen molar-refractivity contribution in [3.8, 4) is 17.7 Å². The summed E-state index contributed by atoms with van der Waals surface area (Å²) in [7, 11) is 1.39. The lowest BCUT2D eigenvalue weighted by Gasteiger charge is -2.12. The number of hydrogen-bond donors (Lipinski definition) is 1. The third-order valence-electron chi connectivity index (χ3n) is 3.97. The lowest BCUT2D eigenvalue weighted by Crippen LogP contribution is -2.22. The summed E-state index contributed by atoms with van der Waals surface area (Å²) in [5.74, 6) is -0.383. The highest BCUT2D eigenvalue weighted by molar-refractivity contribution is 6.32. The molecule has 0 bridgehead atoms. The number of nitriles is 1. The number of aryl methyl sites for hydroxylation is 1. The second-order valence-electron chi connectivity index (χ2n) is 5.80. The quantitative estimate of drug-likeness (QED) is 0.541. The summed E-state index contributed by atoms with van der Waals surface area (Å²) >= 11 is 6.15. The minimum absolute atomic E-state index is 0.0387. The largest absolute Gasteiger partial charge is 0.437 e. The molecule has 0 unspecified atom stereocenters. The number of hydrogen-bond acceptors (Lipinski definition) is 5. The Hall–Kier alpha value is -3.63. The number of benzene rings is 1. The number of carbonyl (C=O) groups is 1. The number of pyridine rings is 1. The summed E-state index contributed by atoms with van der Waals surface area (Å²) in [5, 5.41) is 12.0. The Labute approximate surface area is 165 Å². The fraction of sp³-hybridized carbons (Fsp3) is 0.100. The average molecular weight is 395 g/mol. The second kappa shape index (κ2) is 7.94. The molecule has 0 atom stereocenters. The van der Waals surface area contributed by atoms with Crippen LogP contribution in [0.2, 0.25) is 5.02 Å². The monoisotopic (exact) mass is 394 g/mol. The summed E-state index contributed by atoms with van der Waals surface area (Å²) in [6, 6.07) is 12.0. The van der Waals surface area contributed by atoms with Gasteiger partial charge in [-0.25, -0.2) is 0 Å². The number of nitrogens with zero attached hydrogens (tertiary/aromatic N) is 3. The number of aromatic nitrogens is 2. The van der Waals surface area contributed by atoms with Gasteiger partial charge < -0.3 is 10.1 Å². The summed E-state index contributed by atoms with van der Waals surface area (Å²) < 4.78 is 7.13. The van der Waals surface area contributed by atoms with Gasteiger partial charge in [0, 0.05) is 13.2 Å². The Bertz CT molecular complexity index is 1210. The first-order chi connectivity index (χ1) is 13.5. The second-order valence-corrected chi connectivity index (χ2v) is 6.21. The van der Waals surface area contributed by atoms with E-state index >= 15 is 0 Å². The highest BCUT2D eigenvalue weighted by atomic mass is 35.5. The fourth-order valence-corrected chi connectivity index (χ4v) is 2.73. The van der Waals surface area contributed by atoms with Crippen molar-refractivity contribution < 1.29 is 9.53 Å². The van der Waals surface area contributed by atoms with Crippen molar-refractivity contribution >= 4 is 29.2 Å². The number of para-hydroxylation sites is 1. The third kappa shape index (κ3) is 3.59. The molecule has 2 aromatic heterocycles. The minimum atomic E-state index is -0.625. The van der Waals surface area contributed by atoms with Gasteiger partial charge in [0.2, 0.25) is 5.88 Å². The summed E-state index contributed by atoms with van der Waals surface area (Å²) in [6.45, 7) is 1.81. The van der Waals surface area contributed by atoms with Crippen molar-refractivity contribution in [3.63, 3.8) is 0 Å². The first-order valence-electron chi connectivity index (χ1n) is 8.24. The van der Waals surface area contributed by atoms with E-state index in [2.05, 4.69) is 10.3 Å². The number of rotatable bonds is 4. The third-order valence-corrected chi connectivity index (χ3v) is 4.29. The summed E-state index contributed by atoms with van der Waals surface area (Å²) in [4.78, 5) is 29.4. The molecule has 0 aliphatic carbocycles. The molecular weight excluding hydrogens is 380 g/mol. The van der Waals surface area contributed by atoms with Crippen molar-refractivity contribution in [1.82, 2.24) is 14.7 Å². The van der Waals surface area contributed by atoms with E-state index in [0.717, 1.165) is 11.6 Å². The van der Waals surface area contributed by atoms with Crippen molar-refractivity contribution in [3.05, 3.63) is 74.7 Å². The molecule has 28 heavy (non-hydrogen) atoms. The summed E-state index contributed by atoms with van der Waals surface area (Å²) in [6.07, 6.45) is 2.72. The van der Waals surface area contributed by atoms with E-state index in [-0.39, 0.29) is 17.0 Å². The van der Waals surface area contributed by atoms with E-state index < -0.39 is 11.5 Å². The molecule has 0 spiro atoms. The highest BCUT2D eigenvalue weighted by Crippen LogP contribution is 2.30. The number of likely N-dealkylation sites (N-methyl/N-ethyl adjacent to an activating group) is 1. The van der Waals surface area contributed by atoms with Crippen molar-refractivity contribution in [2.24, 2.45) is 0 Å². The van der Waals surface area contributed by atoms with Gasteiger partial charge in [0.25, 0.3) is 11.5 Å². The first-order valence-corrected chi connectivity index (χ1v) is 8.62. The molecule has 1 aromatic carbocycles. The fourth-order valence-electron chi connectivity index (χ4n) is 2.55. The van der Waals surface area contributed by atoms with E-state index in [0.29, 0.717) is 16.4 Å². The van der Waals surface area contributed by atoms with E-state index in [1.165, 1.54) is 11.4 Å². The van der Waals surface area contributed by atoms with Gasteiger partial charge in [-0.15, -0.1) is 0 Å². The topological polar surface area (TPSA) is 96.5 Å². The van der Waals surface area contributed by atoms with Gasteiger partial charge in [-0.1, -0.05) is 29.8 Å². The van der Waals surface area contributed by atoms with Crippen LogP contribution in [0.5, 0.6) is 11.6 Å². The van der Waals surface area contributed by atoms with E-state index in [1.54, 1.807) is 42.6 Å². The molecule has 0 fully saturated rings. The van der Waals surface area contributed by atoms with Crippen LogP contribution in [0.3, 0.4) is 0 Å². The number of fused-ring (bicyclic) bond motifs is 1. The zero-order chi connectivity index (χ0) is 20.3. The van der Waals surface area contributed by atoms with Gasteiger partial charge in [0.15, 0.2) is 0 Å². The molecule has 0 saturated heterocycles. The van der Waals surface area contributed by atoms with Crippen molar-refractivity contribution in [1.29, 1.82) is 5.26 Å². The molecule has 0 saturated carbocycles. The van der Waals surface area contributed by atoms with Crippen LogP contribution in [0, 0.1) is 18.3 Å². The SMILES string of the molecule is CNC(=O)C(C#N)=Cc1c(Oc2ccccc2Cl)nc2c(C)cccn2c1=O. The number of amides is 1. The van der Waals surface area contributed by atoms with Crippen LogP contribution in [-0.2, 0) is 4.79 Å². The number of carbonyl (C=O) groups excluding carboxylic acids is 1.